The maximum absolute atomic E-state index is 13.2. The summed E-state index contributed by atoms with van der Waals surface area (Å²) in [6.45, 7) is 4.93. The van der Waals surface area contributed by atoms with Crippen LogP contribution in [-0.2, 0) is 20.4 Å². The number of ether oxygens (including phenoxy) is 1. The van der Waals surface area contributed by atoms with Crippen LogP contribution in [0.15, 0.2) is 46.0 Å². The molecule has 1 aromatic heterocycles. The van der Waals surface area contributed by atoms with Gasteiger partial charge in [0.25, 0.3) is 10.0 Å². The Labute approximate surface area is 201 Å². The highest BCUT2D eigenvalue weighted by Crippen LogP contribution is 2.39. The van der Waals surface area contributed by atoms with E-state index in [2.05, 4.69) is 4.90 Å². The zero-order chi connectivity index (χ0) is 24.6. The minimum absolute atomic E-state index is 0.199. The van der Waals surface area contributed by atoms with E-state index in [9.17, 15) is 26.7 Å². The van der Waals surface area contributed by atoms with Crippen LogP contribution < -0.4 is 4.90 Å². The fourth-order valence-corrected chi connectivity index (χ4v) is 6.91. The standard InChI is InChI=1S/C22H28F3N3O4S2/c1-21(29,22(23,24)25)17-4-6-18(7-5-17)28-9-8-27(34(30,31)20-3-2-14-33-20)16-19(28)15-26-10-12-32-13-11-26/h2-7,14,19,29H,8-13,15-16H2,1H3/t19-,21+/m0/s1. The maximum atomic E-state index is 13.2. The molecule has 12 heteroatoms. The molecule has 0 spiro atoms. The Kier molecular flexibility index (Phi) is 7.28. The highest BCUT2D eigenvalue weighted by atomic mass is 32.2. The maximum Gasteiger partial charge on any atom is 0.421 e. The number of hydrogen-bond acceptors (Lipinski definition) is 7. The summed E-state index contributed by atoms with van der Waals surface area (Å²) in [4.78, 5) is 4.26. The Balaban J connectivity index is 1.58. The lowest BCUT2D eigenvalue weighted by Gasteiger charge is -2.44. The molecule has 2 fully saturated rings. The Morgan fingerprint density at radius 1 is 1.09 bits per heavy atom. The van der Waals surface area contributed by atoms with Crippen molar-refractivity contribution in [3.8, 4) is 0 Å². The van der Waals surface area contributed by atoms with E-state index < -0.39 is 21.8 Å². The molecule has 4 rings (SSSR count). The Hall–Kier alpha value is -1.70. The van der Waals surface area contributed by atoms with Crippen molar-refractivity contribution >= 4 is 27.0 Å². The largest absolute Gasteiger partial charge is 0.421 e. The Morgan fingerprint density at radius 3 is 2.35 bits per heavy atom. The number of halogens is 3. The van der Waals surface area contributed by atoms with Gasteiger partial charge in [0.1, 0.15) is 4.21 Å². The highest BCUT2D eigenvalue weighted by molar-refractivity contribution is 7.91. The predicted molar refractivity (Wildman–Crippen MR) is 124 cm³/mol. The summed E-state index contributed by atoms with van der Waals surface area (Å²) in [5.41, 5.74) is -2.51. The molecule has 188 valence electrons. The monoisotopic (exact) mass is 519 g/mol. The molecule has 2 aromatic rings. The van der Waals surface area contributed by atoms with E-state index >= 15 is 0 Å². The van der Waals surface area contributed by atoms with E-state index in [-0.39, 0.29) is 24.7 Å². The second-order valence-electron chi connectivity index (χ2n) is 8.67. The van der Waals surface area contributed by atoms with E-state index in [0.29, 0.717) is 36.2 Å². The fourth-order valence-electron chi connectivity index (χ4n) is 4.30. The lowest BCUT2D eigenvalue weighted by atomic mass is 9.95. The molecule has 2 aliphatic rings. The quantitative estimate of drug-likeness (QED) is 0.633. The van der Waals surface area contributed by atoms with E-state index in [1.165, 1.54) is 27.8 Å². The average Bonchev–Trinajstić information content (AvgIpc) is 3.35. The Morgan fingerprint density at radius 2 is 1.76 bits per heavy atom. The number of nitrogens with zero attached hydrogens (tertiary/aromatic N) is 3. The summed E-state index contributed by atoms with van der Waals surface area (Å²) < 4.78 is 73.2. The minimum Gasteiger partial charge on any atom is -0.379 e. The van der Waals surface area contributed by atoms with Crippen LogP contribution in [-0.4, -0.2) is 87.4 Å². The van der Waals surface area contributed by atoms with Crippen LogP contribution in [0.2, 0.25) is 0 Å². The van der Waals surface area contributed by atoms with Gasteiger partial charge in [-0.1, -0.05) is 18.2 Å². The molecule has 1 aromatic carbocycles. The first-order valence-corrected chi connectivity index (χ1v) is 13.3. The van der Waals surface area contributed by atoms with Crippen LogP contribution in [0.4, 0.5) is 18.9 Å². The Bertz CT molecular complexity index is 1050. The summed E-state index contributed by atoms with van der Waals surface area (Å²) >= 11 is 1.18. The molecular weight excluding hydrogens is 491 g/mol. The number of piperazine rings is 1. The number of aliphatic hydroxyl groups is 1. The van der Waals surface area contributed by atoms with Gasteiger partial charge in [0.15, 0.2) is 5.60 Å². The van der Waals surface area contributed by atoms with Gasteiger partial charge in [-0.15, -0.1) is 11.3 Å². The summed E-state index contributed by atoms with van der Waals surface area (Å²) in [5, 5.41) is 11.7. The first-order valence-electron chi connectivity index (χ1n) is 11.0. The summed E-state index contributed by atoms with van der Waals surface area (Å²) in [6.07, 6.45) is -4.80. The molecule has 0 unspecified atom stereocenters. The number of sulfonamides is 1. The number of alkyl halides is 3. The number of thiophene rings is 1. The van der Waals surface area contributed by atoms with Crippen molar-refractivity contribution in [3.05, 3.63) is 47.3 Å². The molecule has 1 N–H and O–H groups in total. The third kappa shape index (κ3) is 5.12. The molecule has 0 radical (unpaired) electrons. The number of rotatable bonds is 6. The normalized spacial score (nSPS) is 23.1. The van der Waals surface area contributed by atoms with E-state index in [0.717, 1.165) is 20.0 Å². The molecule has 2 saturated heterocycles. The topological polar surface area (TPSA) is 73.3 Å². The van der Waals surface area contributed by atoms with Gasteiger partial charge in [-0.2, -0.15) is 17.5 Å². The van der Waals surface area contributed by atoms with Gasteiger partial charge in [0.2, 0.25) is 0 Å². The molecule has 2 aliphatic heterocycles. The number of morpholine rings is 1. The van der Waals surface area contributed by atoms with Crippen LogP contribution in [0.1, 0.15) is 12.5 Å². The molecular formula is C22H28F3N3O4S2. The molecule has 34 heavy (non-hydrogen) atoms. The van der Waals surface area contributed by atoms with Crippen molar-refractivity contribution in [2.75, 3.05) is 57.4 Å². The minimum atomic E-state index is -4.80. The first kappa shape index (κ1) is 25.4. The van der Waals surface area contributed by atoms with Crippen molar-refractivity contribution in [2.24, 2.45) is 0 Å². The van der Waals surface area contributed by atoms with Gasteiger partial charge < -0.3 is 14.7 Å². The second kappa shape index (κ2) is 9.75. The van der Waals surface area contributed by atoms with Crippen LogP contribution in [0.25, 0.3) is 0 Å². The van der Waals surface area contributed by atoms with Crippen LogP contribution in [0.3, 0.4) is 0 Å². The molecule has 0 bridgehead atoms. The third-order valence-corrected chi connectivity index (χ3v) is 9.66. The molecule has 0 amide bonds. The summed E-state index contributed by atoms with van der Waals surface area (Å²) in [7, 11) is -3.62. The van der Waals surface area contributed by atoms with E-state index in [4.69, 9.17) is 4.74 Å². The van der Waals surface area contributed by atoms with Crippen molar-refractivity contribution in [3.63, 3.8) is 0 Å². The fraction of sp³-hybridized carbons (Fsp3) is 0.545. The molecule has 2 atom stereocenters. The number of benzene rings is 1. The second-order valence-corrected chi connectivity index (χ2v) is 11.8. The van der Waals surface area contributed by atoms with Gasteiger partial charge in [0, 0.05) is 45.0 Å². The van der Waals surface area contributed by atoms with Crippen molar-refractivity contribution in [2.45, 2.75) is 29.0 Å². The zero-order valence-corrected chi connectivity index (χ0v) is 20.4. The van der Waals surface area contributed by atoms with Crippen LogP contribution in [0.5, 0.6) is 0 Å². The molecule has 0 aliphatic carbocycles. The third-order valence-electron chi connectivity index (χ3n) is 6.42. The first-order chi connectivity index (χ1) is 16.0. The van der Waals surface area contributed by atoms with E-state index in [1.54, 1.807) is 29.6 Å². The van der Waals surface area contributed by atoms with Crippen LogP contribution >= 0.6 is 11.3 Å². The predicted octanol–water partition coefficient (Wildman–Crippen LogP) is 2.73. The van der Waals surface area contributed by atoms with Crippen molar-refractivity contribution in [1.29, 1.82) is 0 Å². The van der Waals surface area contributed by atoms with Gasteiger partial charge >= 0.3 is 6.18 Å². The SMILES string of the molecule is C[C@@](O)(c1ccc(N2CCN(S(=O)(=O)c3cccs3)C[C@@H]2CN2CCOCC2)cc1)C(F)(F)F. The number of hydrogen-bond donors (Lipinski definition) is 1. The molecule has 0 saturated carbocycles. The number of anilines is 1. The van der Waals surface area contributed by atoms with Gasteiger partial charge in [-0.05, 0) is 36.1 Å². The van der Waals surface area contributed by atoms with E-state index in [1.807, 2.05) is 4.90 Å². The smallest absolute Gasteiger partial charge is 0.379 e. The lowest BCUT2D eigenvalue weighted by Crippen LogP contribution is -2.59. The zero-order valence-electron chi connectivity index (χ0n) is 18.7. The van der Waals surface area contributed by atoms with Crippen molar-refractivity contribution < 1.29 is 31.4 Å². The lowest BCUT2D eigenvalue weighted by molar-refractivity contribution is -0.258. The van der Waals surface area contributed by atoms with Gasteiger partial charge in [-0.25, -0.2) is 8.42 Å². The molecule has 7 nitrogen and oxygen atoms in total. The van der Waals surface area contributed by atoms with Crippen LogP contribution in [0, 0.1) is 0 Å². The summed E-state index contributed by atoms with van der Waals surface area (Å²) in [5.74, 6) is 0. The summed E-state index contributed by atoms with van der Waals surface area (Å²) in [6, 6.07) is 8.78. The highest BCUT2D eigenvalue weighted by Gasteiger charge is 2.51. The van der Waals surface area contributed by atoms with Crippen molar-refractivity contribution in [1.82, 2.24) is 9.21 Å². The molecule has 3 heterocycles. The van der Waals surface area contributed by atoms with Gasteiger partial charge in [0.05, 0.1) is 19.3 Å². The van der Waals surface area contributed by atoms with Gasteiger partial charge in [-0.3, -0.25) is 4.90 Å². The average molecular weight is 520 g/mol.